The van der Waals surface area contributed by atoms with Crippen molar-refractivity contribution in [1.82, 2.24) is 4.98 Å². The van der Waals surface area contributed by atoms with E-state index in [2.05, 4.69) is 18.8 Å². The average Bonchev–Trinajstić information content (AvgIpc) is 2.14. The molecule has 0 amide bonds. The molecule has 0 bridgehead atoms. The Morgan fingerprint density at radius 1 is 1.33 bits per heavy atom. The standard InChI is InChI=1S/C12H17F2N/c1-9(2)10-4-5-11(15-8-10)6-7-12(3,13)14/h4-5,8-9H,6-7H2,1-3H3. The van der Waals surface area contributed by atoms with E-state index in [-0.39, 0.29) is 6.42 Å². The van der Waals surface area contributed by atoms with Crippen LogP contribution in [-0.2, 0) is 6.42 Å². The van der Waals surface area contributed by atoms with E-state index in [0.717, 1.165) is 18.2 Å². The lowest BCUT2D eigenvalue weighted by Gasteiger charge is -2.10. The van der Waals surface area contributed by atoms with Gasteiger partial charge >= 0.3 is 0 Å². The van der Waals surface area contributed by atoms with Gasteiger partial charge in [-0.3, -0.25) is 4.98 Å². The second-order valence-electron chi connectivity index (χ2n) is 4.31. The number of halogens is 2. The molecule has 0 saturated heterocycles. The number of hydrogen-bond donors (Lipinski definition) is 0. The predicted molar refractivity (Wildman–Crippen MR) is 57.3 cm³/mol. The molecule has 1 rings (SSSR count). The van der Waals surface area contributed by atoms with Gasteiger partial charge in [-0.25, -0.2) is 8.78 Å². The highest BCUT2D eigenvalue weighted by Gasteiger charge is 2.20. The third kappa shape index (κ3) is 4.36. The van der Waals surface area contributed by atoms with Crippen LogP contribution < -0.4 is 0 Å². The Morgan fingerprint density at radius 3 is 2.40 bits per heavy atom. The monoisotopic (exact) mass is 213 g/mol. The lowest BCUT2D eigenvalue weighted by Crippen LogP contribution is -2.11. The van der Waals surface area contributed by atoms with E-state index in [9.17, 15) is 8.78 Å². The van der Waals surface area contributed by atoms with Crippen molar-refractivity contribution in [1.29, 1.82) is 0 Å². The third-order valence-electron chi connectivity index (χ3n) is 2.33. The van der Waals surface area contributed by atoms with Crippen LogP contribution in [0.15, 0.2) is 18.3 Å². The molecule has 15 heavy (non-hydrogen) atoms. The molecule has 0 fully saturated rings. The first-order valence-corrected chi connectivity index (χ1v) is 5.21. The van der Waals surface area contributed by atoms with Crippen molar-refractivity contribution < 1.29 is 8.78 Å². The molecule has 84 valence electrons. The molecule has 1 nitrogen and oxygen atoms in total. The van der Waals surface area contributed by atoms with Gasteiger partial charge in [0.2, 0.25) is 5.92 Å². The maximum Gasteiger partial charge on any atom is 0.245 e. The van der Waals surface area contributed by atoms with Gasteiger partial charge in [-0.2, -0.15) is 0 Å². The van der Waals surface area contributed by atoms with Crippen molar-refractivity contribution in [2.24, 2.45) is 0 Å². The highest BCUT2D eigenvalue weighted by atomic mass is 19.3. The molecular weight excluding hydrogens is 196 g/mol. The predicted octanol–water partition coefficient (Wildman–Crippen LogP) is 3.79. The van der Waals surface area contributed by atoms with Gasteiger partial charge in [-0.1, -0.05) is 19.9 Å². The lowest BCUT2D eigenvalue weighted by molar-refractivity contribution is 0.0131. The smallest absolute Gasteiger partial charge is 0.245 e. The summed E-state index contributed by atoms with van der Waals surface area (Å²) in [4.78, 5) is 4.17. The van der Waals surface area contributed by atoms with E-state index in [0.29, 0.717) is 12.3 Å². The highest BCUT2D eigenvalue weighted by molar-refractivity contribution is 5.17. The van der Waals surface area contributed by atoms with Gasteiger partial charge in [0.15, 0.2) is 0 Å². The topological polar surface area (TPSA) is 12.9 Å². The Hall–Kier alpha value is -0.990. The first-order valence-electron chi connectivity index (χ1n) is 5.21. The number of aryl methyl sites for hydroxylation is 1. The van der Waals surface area contributed by atoms with E-state index in [1.54, 1.807) is 6.20 Å². The minimum atomic E-state index is -2.60. The summed E-state index contributed by atoms with van der Waals surface area (Å²) in [6.07, 6.45) is 1.97. The molecule has 0 aliphatic rings. The number of rotatable bonds is 4. The number of pyridine rings is 1. The Morgan fingerprint density at radius 2 is 2.00 bits per heavy atom. The zero-order valence-corrected chi connectivity index (χ0v) is 9.43. The van der Waals surface area contributed by atoms with Gasteiger partial charge in [0.1, 0.15) is 0 Å². The van der Waals surface area contributed by atoms with E-state index >= 15 is 0 Å². The minimum absolute atomic E-state index is 0.138. The summed E-state index contributed by atoms with van der Waals surface area (Å²) in [6, 6.07) is 3.79. The largest absolute Gasteiger partial charge is 0.261 e. The Kier molecular flexibility index (Phi) is 3.77. The molecule has 0 aliphatic carbocycles. The number of aromatic nitrogens is 1. The summed E-state index contributed by atoms with van der Waals surface area (Å²) in [6.45, 7) is 5.10. The normalized spacial score (nSPS) is 12.1. The number of hydrogen-bond acceptors (Lipinski definition) is 1. The highest BCUT2D eigenvalue weighted by Crippen LogP contribution is 2.19. The molecule has 0 aliphatic heterocycles. The maximum atomic E-state index is 12.6. The van der Waals surface area contributed by atoms with Crippen LogP contribution >= 0.6 is 0 Å². The van der Waals surface area contributed by atoms with E-state index in [1.165, 1.54) is 0 Å². The van der Waals surface area contributed by atoms with Crippen LogP contribution in [0.1, 0.15) is 44.4 Å². The second-order valence-corrected chi connectivity index (χ2v) is 4.31. The van der Waals surface area contributed by atoms with Crippen molar-refractivity contribution in [3.63, 3.8) is 0 Å². The fraction of sp³-hybridized carbons (Fsp3) is 0.583. The summed E-state index contributed by atoms with van der Waals surface area (Å²) in [5, 5.41) is 0. The summed E-state index contributed by atoms with van der Waals surface area (Å²) in [5.41, 5.74) is 1.88. The summed E-state index contributed by atoms with van der Waals surface area (Å²) >= 11 is 0. The fourth-order valence-electron chi connectivity index (χ4n) is 1.27. The molecule has 0 spiro atoms. The summed E-state index contributed by atoms with van der Waals surface area (Å²) in [7, 11) is 0. The molecule has 1 aromatic rings. The van der Waals surface area contributed by atoms with Crippen LogP contribution in [0.4, 0.5) is 8.78 Å². The maximum absolute atomic E-state index is 12.6. The number of nitrogens with zero attached hydrogens (tertiary/aromatic N) is 1. The molecular formula is C12H17F2N. The summed E-state index contributed by atoms with van der Waals surface area (Å²) in [5.74, 6) is -2.17. The van der Waals surface area contributed by atoms with E-state index in [4.69, 9.17) is 0 Å². The fourth-order valence-corrected chi connectivity index (χ4v) is 1.27. The van der Waals surface area contributed by atoms with Gasteiger partial charge in [-0.05, 0) is 30.9 Å². The zero-order chi connectivity index (χ0) is 11.5. The van der Waals surface area contributed by atoms with Crippen LogP contribution in [0.2, 0.25) is 0 Å². The molecule has 3 heteroatoms. The van der Waals surface area contributed by atoms with Gasteiger partial charge in [0, 0.05) is 18.3 Å². The molecule has 0 aromatic carbocycles. The molecule has 1 aromatic heterocycles. The van der Waals surface area contributed by atoms with Gasteiger partial charge in [-0.15, -0.1) is 0 Å². The molecule has 0 N–H and O–H groups in total. The van der Waals surface area contributed by atoms with Crippen LogP contribution in [0.3, 0.4) is 0 Å². The van der Waals surface area contributed by atoms with Gasteiger partial charge < -0.3 is 0 Å². The Balaban J connectivity index is 2.57. The van der Waals surface area contributed by atoms with Crippen molar-refractivity contribution in [3.8, 4) is 0 Å². The zero-order valence-electron chi connectivity index (χ0n) is 9.43. The van der Waals surface area contributed by atoms with Crippen LogP contribution in [0, 0.1) is 0 Å². The molecule has 0 saturated carbocycles. The first-order chi connectivity index (χ1) is 6.88. The lowest BCUT2D eigenvalue weighted by atomic mass is 10.0. The number of alkyl halides is 2. The second kappa shape index (κ2) is 4.69. The van der Waals surface area contributed by atoms with E-state index < -0.39 is 5.92 Å². The Bertz CT molecular complexity index is 298. The van der Waals surface area contributed by atoms with Gasteiger partial charge in [0.05, 0.1) is 0 Å². The first kappa shape index (κ1) is 12.1. The Labute approximate surface area is 89.5 Å². The van der Waals surface area contributed by atoms with Crippen molar-refractivity contribution in [2.45, 2.75) is 45.5 Å². The van der Waals surface area contributed by atoms with Crippen molar-refractivity contribution in [2.75, 3.05) is 0 Å². The quantitative estimate of drug-likeness (QED) is 0.741. The van der Waals surface area contributed by atoms with Crippen LogP contribution in [0.25, 0.3) is 0 Å². The molecule has 0 unspecified atom stereocenters. The molecule has 1 heterocycles. The van der Waals surface area contributed by atoms with Crippen molar-refractivity contribution in [3.05, 3.63) is 29.6 Å². The SMILES string of the molecule is CC(C)c1ccc(CCC(C)(F)F)nc1. The van der Waals surface area contributed by atoms with Gasteiger partial charge in [0.25, 0.3) is 0 Å². The molecule has 0 radical (unpaired) electrons. The minimum Gasteiger partial charge on any atom is -0.261 e. The molecule has 0 atom stereocenters. The van der Waals surface area contributed by atoms with E-state index in [1.807, 2.05) is 12.1 Å². The van der Waals surface area contributed by atoms with Crippen molar-refractivity contribution >= 4 is 0 Å². The summed E-state index contributed by atoms with van der Waals surface area (Å²) < 4.78 is 25.2. The third-order valence-corrected chi connectivity index (χ3v) is 2.33. The van der Waals surface area contributed by atoms with Crippen LogP contribution in [0.5, 0.6) is 0 Å². The average molecular weight is 213 g/mol. The van der Waals surface area contributed by atoms with Crippen LogP contribution in [-0.4, -0.2) is 10.9 Å².